The molecule has 1 aromatic carbocycles. The Morgan fingerprint density at radius 2 is 1.64 bits per heavy atom. The van der Waals surface area contributed by atoms with E-state index in [0.29, 0.717) is 43.5 Å². The molecule has 25 heavy (non-hydrogen) atoms. The van der Waals surface area contributed by atoms with Crippen LogP contribution in [0.4, 0.5) is 0 Å². The summed E-state index contributed by atoms with van der Waals surface area (Å²) >= 11 is 0. The van der Waals surface area contributed by atoms with Crippen molar-refractivity contribution in [2.24, 2.45) is 11.7 Å². The highest BCUT2D eigenvalue weighted by molar-refractivity contribution is 5.70. The number of carbonyl (C=O) groups is 1. The number of carboxylic acid groups (broad SMARTS) is 1. The Bertz CT molecular complexity index is 547. The zero-order valence-electron chi connectivity index (χ0n) is 15.7. The van der Waals surface area contributed by atoms with Gasteiger partial charge in [-0.15, -0.1) is 0 Å². The third kappa shape index (κ3) is 5.53. The average Bonchev–Trinajstić information content (AvgIpc) is 2.59. The molecular weight excluding hydrogens is 322 g/mol. The van der Waals surface area contributed by atoms with Crippen molar-refractivity contribution in [3.63, 3.8) is 0 Å². The molecule has 0 heterocycles. The molecule has 0 amide bonds. The van der Waals surface area contributed by atoms with E-state index in [0.717, 1.165) is 12.0 Å². The highest BCUT2D eigenvalue weighted by atomic mass is 16.5. The number of rotatable bonds is 12. The van der Waals surface area contributed by atoms with Gasteiger partial charge in [-0.1, -0.05) is 13.0 Å². The van der Waals surface area contributed by atoms with Crippen molar-refractivity contribution in [1.29, 1.82) is 0 Å². The fourth-order valence-electron chi connectivity index (χ4n) is 2.88. The lowest BCUT2D eigenvalue weighted by atomic mass is 9.86. The van der Waals surface area contributed by atoms with Gasteiger partial charge in [-0.05, 0) is 45.6 Å². The van der Waals surface area contributed by atoms with Crippen LogP contribution in [-0.2, 0) is 4.79 Å². The standard InChI is InChI=1S/C19H31NO5/c1-5-13(11-14(12-20)19(21)22)15-9-10-16(23-6-2)18(25-8-4)17(15)24-7-3/h9-10,13-14H,5-8,11-12,20H2,1-4H3,(H,21,22). The Labute approximate surface area is 150 Å². The van der Waals surface area contributed by atoms with Crippen LogP contribution in [0.15, 0.2) is 12.1 Å². The lowest BCUT2D eigenvalue weighted by Gasteiger charge is -2.24. The quantitative estimate of drug-likeness (QED) is 0.598. The Balaban J connectivity index is 3.34. The van der Waals surface area contributed by atoms with Crippen LogP contribution in [0.5, 0.6) is 17.2 Å². The number of carboxylic acids is 1. The highest BCUT2D eigenvalue weighted by Crippen LogP contribution is 2.45. The lowest BCUT2D eigenvalue weighted by molar-refractivity contribution is -0.141. The van der Waals surface area contributed by atoms with Gasteiger partial charge in [-0.2, -0.15) is 0 Å². The number of aliphatic carboxylic acids is 1. The van der Waals surface area contributed by atoms with Crippen LogP contribution in [0, 0.1) is 5.92 Å². The van der Waals surface area contributed by atoms with Gasteiger partial charge >= 0.3 is 5.97 Å². The second-order valence-corrected chi connectivity index (χ2v) is 5.72. The molecule has 0 bridgehead atoms. The van der Waals surface area contributed by atoms with Crippen molar-refractivity contribution in [1.82, 2.24) is 0 Å². The number of benzene rings is 1. The molecule has 0 aliphatic rings. The maximum atomic E-state index is 11.4. The minimum Gasteiger partial charge on any atom is -0.490 e. The summed E-state index contributed by atoms with van der Waals surface area (Å²) in [6.07, 6.45) is 1.24. The number of hydrogen-bond acceptors (Lipinski definition) is 5. The van der Waals surface area contributed by atoms with Crippen LogP contribution < -0.4 is 19.9 Å². The van der Waals surface area contributed by atoms with E-state index in [1.54, 1.807) is 0 Å². The maximum Gasteiger partial charge on any atom is 0.307 e. The molecule has 0 aliphatic carbocycles. The molecule has 3 N–H and O–H groups in total. The van der Waals surface area contributed by atoms with E-state index in [9.17, 15) is 9.90 Å². The molecule has 0 saturated carbocycles. The topological polar surface area (TPSA) is 91.0 Å². The predicted molar refractivity (Wildman–Crippen MR) is 97.8 cm³/mol. The van der Waals surface area contributed by atoms with E-state index in [1.165, 1.54) is 0 Å². The molecule has 0 radical (unpaired) electrons. The largest absolute Gasteiger partial charge is 0.490 e. The average molecular weight is 353 g/mol. The molecule has 6 nitrogen and oxygen atoms in total. The Hall–Kier alpha value is -1.95. The monoisotopic (exact) mass is 353 g/mol. The van der Waals surface area contributed by atoms with Gasteiger partial charge in [0.2, 0.25) is 5.75 Å². The zero-order valence-corrected chi connectivity index (χ0v) is 15.7. The molecule has 0 saturated heterocycles. The summed E-state index contributed by atoms with van der Waals surface area (Å²) in [5.41, 5.74) is 6.58. The van der Waals surface area contributed by atoms with Crippen molar-refractivity contribution in [2.75, 3.05) is 26.4 Å². The number of ether oxygens (including phenoxy) is 3. The van der Waals surface area contributed by atoms with Gasteiger partial charge in [0.1, 0.15) is 0 Å². The predicted octanol–water partition coefficient (Wildman–Crippen LogP) is 3.43. The van der Waals surface area contributed by atoms with Gasteiger partial charge in [0.15, 0.2) is 11.5 Å². The molecule has 0 spiro atoms. The van der Waals surface area contributed by atoms with E-state index < -0.39 is 11.9 Å². The van der Waals surface area contributed by atoms with E-state index in [4.69, 9.17) is 19.9 Å². The van der Waals surface area contributed by atoms with Gasteiger partial charge in [0.25, 0.3) is 0 Å². The fraction of sp³-hybridized carbons (Fsp3) is 0.632. The summed E-state index contributed by atoms with van der Waals surface area (Å²) in [4.78, 5) is 11.4. The summed E-state index contributed by atoms with van der Waals surface area (Å²) in [7, 11) is 0. The molecule has 142 valence electrons. The minimum absolute atomic E-state index is 0.0149. The molecule has 1 aromatic rings. The first-order chi connectivity index (χ1) is 12.0. The van der Waals surface area contributed by atoms with Gasteiger partial charge in [0.05, 0.1) is 25.7 Å². The molecule has 2 unspecified atom stereocenters. The van der Waals surface area contributed by atoms with Crippen LogP contribution in [0.1, 0.15) is 52.0 Å². The smallest absolute Gasteiger partial charge is 0.307 e. The number of nitrogens with two attached hydrogens (primary N) is 1. The van der Waals surface area contributed by atoms with Crippen LogP contribution in [-0.4, -0.2) is 37.4 Å². The molecular formula is C19H31NO5. The molecule has 0 aliphatic heterocycles. The normalized spacial score (nSPS) is 13.2. The second kappa shape index (κ2) is 10.8. The zero-order chi connectivity index (χ0) is 18.8. The Morgan fingerprint density at radius 1 is 1.04 bits per heavy atom. The first kappa shape index (κ1) is 21.1. The maximum absolute atomic E-state index is 11.4. The number of hydrogen-bond donors (Lipinski definition) is 2. The highest BCUT2D eigenvalue weighted by Gasteiger charge is 2.26. The summed E-state index contributed by atoms with van der Waals surface area (Å²) in [5.74, 6) is 0.433. The van der Waals surface area contributed by atoms with Crippen molar-refractivity contribution < 1.29 is 24.1 Å². The van der Waals surface area contributed by atoms with Crippen LogP contribution in [0.3, 0.4) is 0 Å². The Morgan fingerprint density at radius 3 is 2.12 bits per heavy atom. The van der Waals surface area contributed by atoms with Crippen LogP contribution in [0.25, 0.3) is 0 Å². The van der Waals surface area contributed by atoms with Gasteiger partial charge in [-0.3, -0.25) is 4.79 Å². The first-order valence-corrected chi connectivity index (χ1v) is 9.01. The Kier molecular flexibility index (Phi) is 9.13. The van der Waals surface area contributed by atoms with Crippen molar-refractivity contribution in [2.45, 2.75) is 46.5 Å². The van der Waals surface area contributed by atoms with Gasteiger partial charge in [0, 0.05) is 12.1 Å². The van der Waals surface area contributed by atoms with E-state index in [1.807, 2.05) is 39.8 Å². The van der Waals surface area contributed by atoms with Crippen LogP contribution in [0.2, 0.25) is 0 Å². The van der Waals surface area contributed by atoms with Crippen molar-refractivity contribution in [3.05, 3.63) is 17.7 Å². The molecule has 1 rings (SSSR count). The molecule has 2 atom stereocenters. The molecule has 0 fully saturated rings. The summed E-state index contributed by atoms with van der Waals surface area (Å²) < 4.78 is 17.3. The van der Waals surface area contributed by atoms with Crippen molar-refractivity contribution >= 4 is 5.97 Å². The van der Waals surface area contributed by atoms with Gasteiger partial charge < -0.3 is 25.1 Å². The van der Waals surface area contributed by atoms with Crippen molar-refractivity contribution in [3.8, 4) is 17.2 Å². The molecule has 0 aromatic heterocycles. The third-order valence-corrected chi connectivity index (χ3v) is 4.12. The SMILES string of the molecule is CCOc1ccc(C(CC)CC(CN)C(=O)O)c(OCC)c1OCC. The molecule has 6 heteroatoms. The second-order valence-electron chi connectivity index (χ2n) is 5.72. The summed E-state index contributed by atoms with van der Waals surface area (Å²) in [6.45, 7) is 9.38. The lowest BCUT2D eigenvalue weighted by Crippen LogP contribution is -2.25. The van der Waals surface area contributed by atoms with E-state index >= 15 is 0 Å². The summed E-state index contributed by atoms with van der Waals surface area (Å²) in [6, 6.07) is 3.81. The first-order valence-electron chi connectivity index (χ1n) is 9.01. The van der Waals surface area contributed by atoms with E-state index in [2.05, 4.69) is 0 Å². The minimum atomic E-state index is -0.866. The summed E-state index contributed by atoms with van der Waals surface area (Å²) in [5, 5.41) is 9.33. The van der Waals surface area contributed by atoms with E-state index in [-0.39, 0.29) is 12.5 Å². The third-order valence-electron chi connectivity index (χ3n) is 4.12. The van der Waals surface area contributed by atoms with Crippen LogP contribution >= 0.6 is 0 Å². The van der Waals surface area contributed by atoms with Gasteiger partial charge in [-0.25, -0.2) is 0 Å². The fourth-order valence-corrected chi connectivity index (χ4v) is 2.88.